The van der Waals surface area contributed by atoms with Crippen molar-refractivity contribution in [1.29, 1.82) is 0 Å². The van der Waals surface area contributed by atoms with Crippen molar-refractivity contribution >= 4 is 11.9 Å². The van der Waals surface area contributed by atoms with Gasteiger partial charge in [0.25, 0.3) is 0 Å². The molecule has 0 heterocycles. The summed E-state index contributed by atoms with van der Waals surface area (Å²) in [5.74, 6) is -1.74. The molecule has 0 aliphatic rings. The standard InChI is InChI=1S/C29H54O4/c1-3-5-6-7-8-9-10-11-12-13-14-15-16-17-18-19-20-21-22-23-24-27(26-28(30)31)29(32)33-25-4-2/h3,5,27H,4,6-26H2,1-2H3,(H,30,31)/b5-3+. The molecule has 0 amide bonds. The lowest BCUT2D eigenvalue weighted by molar-refractivity contribution is -0.153. The van der Waals surface area contributed by atoms with Crippen LogP contribution in [0.15, 0.2) is 12.2 Å². The first-order chi connectivity index (χ1) is 16.1. The summed E-state index contributed by atoms with van der Waals surface area (Å²) < 4.78 is 5.14. The summed E-state index contributed by atoms with van der Waals surface area (Å²) in [5, 5.41) is 9.01. The number of carboxylic acids is 1. The zero-order valence-corrected chi connectivity index (χ0v) is 22.0. The molecule has 0 aromatic carbocycles. The molecule has 0 rings (SSSR count). The molecule has 0 bridgehead atoms. The molecule has 194 valence electrons. The number of aliphatic carboxylic acids is 1. The van der Waals surface area contributed by atoms with Gasteiger partial charge in [-0.05, 0) is 32.6 Å². The van der Waals surface area contributed by atoms with Gasteiger partial charge in [0.05, 0.1) is 18.9 Å². The summed E-state index contributed by atoms with van der Waals surface area (Å²) in [5.41, 5.74) is 0. The number of ether oxygens (including phenoxy) is 1. The fourth-order valence-electron chi connectivity index (χ4n) is 4.31. The molecule has 0 radical (unpaired) electrons. The van der Waals surface area contributed by atoms with E-state index in [0.717, 1.165) is 19.3 Å². The normalized spacial score (nSPS) is 12.3. The highest BCUT2D eigenvalue weighted by molar-refractivity contribution is 5.79. The second kappa shape index (κ2) is 25.3. The molecular formula is C29H54O4. The zero-order chi connectivity index (χ0) is 24.4. The van der Waals surface area contributed by atoms with E-state index in [4.69, 9.17) is 9.84 Å². The average Bonchev–Trinajstić information content (AvgIpc) is 2.80. The summed E-state index contributed by atoms with van der Waals surface area (Å²) in [4.78, 5) is 23.0. The number of hydrogen-bond acceptors (Lipinski definition) is 3. The quantitative estimate of drug-likeness (QED) is 0.0828. The maximum Gasteiger partial charge on any atom is 0.309 e. The molecule has 0 saturated heterocycles. The third-order valence-corrected chi connectivity index (χ3v) is 6.36. The maximum absolute atomic E-state index is 12.0. The monoisotopic (exact) mass is 466 g/mol. The summed E-state index contributed by atoms with van der Waals surface area (Å²) >= 11 is 0. The van der Waals surface area contributed by atoms with Crippen LogP contribution in [-0.2, 0) is 14.3 Å². The van der Waals surface area contributed by atoms with E-state index in [1.54, 1.807) is 0 Å². The number of hydrogen-bond donors (Lipinski definition) is 1. The van der Waals surface area contributed by atoms with Crippen LogP contribution in [0.25, 0.3) is 0 Å². The van der Waals surface area contributed by atoms with Gasteiger partial charge >= 0.3 is 11.9 Å². The van der Waals surface area contributed by atoms with Gasteiger partial charge in [-0.2, -0.15) is 0 Å². The number of carbonyl (C=O) groups is 2. The number of esters is 1. The molecule has 33 heavy (non-hydrogen) atoms. The van der Waals surface area contributed by atoms with Gasteiger partial charge < -0.3 is 9.84 Å². The number of carboxylic acid groups (broad SMARTS) is 1. The lowest BCUT2D eigenvalue weighted by Gasteiger charge is -2.13. The first-order valence-corrected chi connectivity index (χ1v) is 14.1. The molecule has 4 heteroatoms. The summed E-state index contributed by atoms with van der Waals surface area (Å²) in [6.07, 6.45) is 29.4. The van der Waals surface area contributed by atoms with E-state index >= 15 is 0 Å². The Labute approximate surface area is 204 Å². The van der Waals surface area contributed by atoms with Gasteiger partial charge in [-0.15, -0.1) is 0 Å². The Balaban J connectivity index is 3.40. The van der Waals surface area contributed by atoms with E-state index in [2.05, 4.69) is 19.1 Å². The zero-order valence-electron chi connectivity index (χ0n) is 22.0. The Hall–Kier alpha value is -1.32. The molecule has 1 atom stereocenters. The molecular weight excluding hydrogens is 412 g/mol. The van der Waals surface area contributed by atoms with Crippen LogP contribution in [-0.4, -0.2) is 23.7 Å². The molecule has 0 fully saturated rings. The predicted octanol–water partition coefficient (Wildman–Crippen LogP) is 9.02. The van der Waals surface area contributed by atoms with Gasteiger partial charge in [-0.3, -0.25) is 9.59 Å². The molecule has 1 unspecified atom stereocenters. The van der Waals surface area contributed by atoms with Crippen molar-refractivity contribution < 1.29 is 19.4 Å². The van der Waals surface area contributed by atoms with E-state index in [1.165, 1.54) is 103 Å². The average molecular weight is 467 g/mol. The number of carbonyl (C=O) groups excluding carboxylic acids is 1. The van der Waals surface area contributed by atoms with Crippen molar-refractivity contribution in [1.82, 2.24) is 0 Å². The van der Waals surface area contributed by atoms with Crippen molar-refractivity contribution in [2.45, 2.75) is 149 Å². The largest absolute Gasteiger partial charge is 0.481 e. The molecule has 4 nitrogen and oxygen atoms in total. The SMILES string of the molecule is C/C=C/CCCCCCCCCCCCCCCCCCCC(CC(=O)O)C(=O)OCCC. The van der Waals surface area contributed by atoms with Gasteiger partial charge in [0.2, 0.25) is 0 Å². The van der Waals surface area contributed by atoms with Gasteiger partial charge in [0, 0.05) is 0 Å². The highest BCUT2D eigenvalue weighted by atomic mass is 16.5. The third-order valence-electron chi connectivity index (χ3n) is 6.36. The van der Waals surface area contributed by atoms with E-state index in [0.29, 0.717) is 13.0 Å². The smallest absolute Gasteiger partial charge is 0.309 e. The molecule has 0 aromatic rings. The van der Waals surface area contributed by atoms with Crippen molar-refractivity contribution in [3.63, 3.8) is 0 Å². The van der Waals surface area contributed by atoms with Crippen molar-refractivity contribution in [2.24, 2.45) is 5.92 Å². The Morgan fingerprint density at radius 1 is 0.727 bits per heavy atom. The third kappa shape index (κ3) is 23.6. The minimum atomic E-state index is -0.917. The molecule has 0 aliphatic heterocycles. The van der Waals surface area contributed by atoms with Gasteiger partial charge in [0.15, 0.2) is 0 Å². The fraction of sp³-hybridized carbons (Fsp3) is 0.862. The first kappa shape index (κ1) is 31.7. The molecule has 0 aliphatic carbocycles. The van der Waals surface area contributed by atoms with E-state index in [-0.39, 0.29) is 12.4 Å². The molecule has 0 saturated carbocycles. The van der Waals surface area contributed by atoms with Gasteiger partial charge in [0.1, 0.15) is 0 Å². The van der Waals surface area contributed by atoms with Crippen LogP contribution in [0.2, 0.25) is 0 Å². The number of rotatable bonds is 25. The minimum Gasteiger partial charge on any atom is -0.481 e. The highest BCUT2D eigenvalue weighted by Gasteiger charge is 2.22. The Morgan fingerprint density at radius 2 is 1.15 bits per heavy atom. The summed E-state index contributed by atoms with van der Waals surface area (Å²) in [6.45, 7) is 4.42. The second-order valence-corrected chi connectivity index (χ2v) is 9.62. The van der Waals surface area contributed by atoms with Crippen LogP contribution < -0.4 is 0 Å². The van der Waals surface area contributed by atoms with E-state index in [9.17, 15) is 9.59 Å². The number of allylic oxidation sites excluding steroid dienone is 2. The van der Waals surface area contributed by atoms with Crippen LogP contribution >= 0.6 is 0 Å². The highest BCUT2D eigenvalue weighted by Crippen LogP contribution is 2.18. The minimum absolute atomic E-state index is 0.111. The first-order valence-electron chi connectivity index (χ1n) is 14.1. The Bertz CT molecular complexity index is 472. The second-order valence-electron chi connectivity index (χ2n) is 9.62. The van der Waals surface area contributed by atoms with Crippen molar-refractivity contribution in [2.75, 3.05) is 6.61 Å². The van der Waals surface area contributed by atoms with Crippen LogP contribution in [0.1, 0.15) is 149 Å². The van der Waals surface area contributed by atoms with Gasteiger partial charge in [-0.25, -0.2) is 0 Å². The number of unbranched alkanes of at least 4 members (excludes halogenated alkanes) is 17. The van der Waals surface area contributed by atoms with Crippen LogP contribution in [0.4, 0.5) is 0 Å². The molecule has 1 N–H and O–H groups in total. The fourth-order valence-corrected chi connectivity index (χ4v) is 4.31. The topological polar surface area (TPSA) is 63.6 Å². The summed E-state index contributed by atoms with van der Waals surface area (Å²) in [7, 11) is 0. The van der Waals surface area contributed by atoms with E-state index < -0.39 is 11.9 Å². The van der Waals surface area contributed by atoms with Crippen LogP contribution in [0, 0.1) is 5.92 Å². The Kier molecular flexibility index (Phi) is 24.3. The van der Waals surface area contributed by atoms with Crippen molar-refractivity contribution in [3.8, 4) is 0 Å². The maximum atomic E-state index is 12.0. The molecule has 0 spiro atoms. The summed E-state index contributed by atoms with van der Waals surface area (Å²) in [6, 6.07) is 0. The predicted molar refractivity (Wildman–Crippen MR) is 140 cm³/mol. The van der Waals surface area contributed by atoms with Crippen molar-refractivity contribution in [3.05, 3.63) is 12.2 Å². The Morgan fingerprint density at radius 3 is 1.55 bits per heavy atom. The molecule has 0 aromatic heterocycles. The van der Waals surface area contributed by atoms with Gasteiger partial charge in [-0.1, -0.05) is 122 Å². The van der Waals surface area contributed by atoms with E-state index in [1.807, 2.05) is 6.92 Å². The van der Waals surface area contributed by atoms with Crippen LogP contribution in [0.5, 0.6) is 0 Å². The lowest BCUT2D eigenvalue weighted by atomic mass is 9.97. The van der Waals surface area contributed by atoms with Crippen LogP contribution in [0.3, 0.4) is 0 Å². The lowest BCUT2D eigenvalue weighted by Crippen LogP contribution is -2.21.